The summed E-state index contributed by atoms with van der Waals surface area (Å²) in [5.74, 6) is 1.51. The number of halogens is 1. The highest BCUT2D eigenvalue weighted by Crippen LogP contribution is 2.36. The van der Waals surface area contributed by atoms with Crippen molar-refractivity contribution < 1.29 is 14.3 Å². The predicted molar refractivity (Wildman–Crippen MR) is 180 cm³/mol. The summed E-state index contributed by atoms with van der Waals surface area (Å²) in [6.07, 6.45) is 1.93. The molecule has 1 fully saturated rings. The molecule has 0 spiro atoms. The zero-order chi connectivity index (χ0) is 28.9. The van der Waals surface area contributed by atoms with E-state index >= 15 is 0 Å². The minimum Gasteiger partial charge on any atom is -0.497 e. The highest BCUT2D eigenvalue weighted by atomic mass is 127. The average Bonchev–Trinajstić information content (AvgIpc) is 3.30. The molecule has 1 aliphatic rings. The largest absolute Gasteiger partial charge is 0.497 e. The molecule has 1 aliphatic heterocycles. The molecular formula is C35H27IN2O3S. The zero-order valence-corrected chi connectivity index (χ0v) is 25.8. The van der Waals surface area contributed by atoms with E-state index in [-0.39, 0.29) is 5.91 Å². The topological polar surface area (TPSA) is 51.1 Å². The van der Waals surface area contributed by atoms with Crippen molar-refractivity contribution in [3.05, 3.63) is 140 Å². The van der Waals surface area contributed by atoms with Crippen molar-refractivity contribution in [2.75, 3.05) is 7.11 Å². The van der Waals surface area contributed by atoms with Gasteiger partial charge in [0.25, 0.3) is 5.91 Å². The van der Waals surface area contributed by atoms with Gasteiger partial charge in [-0.25, -0.2) is 4.99 Å². The summed E-state index contributed by atoms with van der Waals surface area (Å²) < 4.78 is 12.5. The molecule has 0 aliphatic carbocycles. The lowest BCUT2D eigenvalue weighted by atomic mass is 10.1. The second-order valence-electron chi connectivity index (χ2n) is 9.70. The Morgan fingerprint density at radius 1 is 0.881 bits per heavy atom. The van der Waals surface area contributed by atoms with E-state index in [0.717, 1.165) is 37.4 Å². The van der Waals surface area contributed by atoms with Crippen molar-refractivity contribution in [1.29, 1.82) is 0 Å². The first-order valence-electron chi connectivity index (χ1n) is 13.4. The van der Waals surface area contributed by atoms with Gasteiger partial charge in [-0.15, -0.1) is 0 Å². The number of methoxy groups -OCH3 is 1. The summed E-state index contributed by atoms with van der Waals surface area (Å²) in [7, 11) is 1.64. The fourth-order valence-electron chi connectivity index (χ4n) is 4.71. The summed E-state index contributed by atoms with van der Waals surface area (Å²) in [6.45, 7) is 0.892. The first kappa shape index (κ1) is 28.1. The number of carbonyl (C=O) groups excluding carboxylic acids is 1. The molecule has 5 nitrogen and oxygen atoms in total. The van der Waals surface area contributed by atoms with Crippen LogP contribution >= 0.6 is 34.4 Å². The highest BCUT2D eigenvalue weighted by molar-refractivity contribution is 14.1. The lowest BCUT2D eigenvalue weighted by Crippen LogP contribution is -2.28. The number of benzene rings is 5. The Kier molecular flexibility index (Phi) is 8.58. The van der Waals surface area contributed by atoms with Crippen molar-refractivity contribution in [2.45, 2.75) is 13.2 Å². The van der Waals surface area contributed by atoms with Crippen LogP contribution < -0.4 is 9.47 Å². The number of rotatable bonds is 8. The summed E-state index contributed by atoms with van der Waals surface area (Å²) in [4.78, 5) is 20.8. The number of carbonyl (C=O) groups is 1. The zero-order valence-electron chi connectivity index (χ0n) is 22.9. The Bertz CT molecular complexity index is 1800. The molecule has 5 aromatic rings. The molecule has 0 N–H and O–H groups in total. The van der Waals surface area contributed by atoms with Crippen molar-refractivity contribution in [1.82, 2.24) is 4.90 Å². The number of amidine groups is 1. The van der Waals surface area contributed by atoms with Crippen LogP contribution in [0.15, 0.2) is 125 Å². The van der Waals surface area contributed by atoms with Gasteiger partial charge in [0.15, 0.2) is 5.17 Å². The maximum Gasteiger partial charge on any atom is 0.267 e. The fraction of sp³-hybridized carbons (Fsp3) is 0.0857. The molecule has 0 aromatic heterocycles. The number of aliphatic imine (C=N–C) groups is 1. The Balaban J connectivity index is 1.23. The number of ether oxygens (including phenoxy) is 2. The molecule has 0 atom stereocenters. The molecular weight excluding hydrogens is 655 g/mol. The van der Waals surface area contributed by atoms with Crippen LogP contribution in [0.3, 0.4) is 0 Å². The smallest absolute Gasteiger partial charge is 0.267 e. The maximum absolute atomic E-state index is 13.7. The van der Waals surface area contributed by atoms with Gasteiger partial charge in [0.05, 0.1) is 27.8 Å². The molecule has 1 saturated heterocycles. The van der Waals surface area contributed by atoms with Crippen LogP contribution in [0.25, 0.3) is 16.8 Å². The van der Waals surface area contributed by atoms with Crippen LogP contribution in [0.1, 0.15) is 16.7 Å². The standard InChI is InChI=1S/C35H27IN2O3S/c1-40-29-17-14-24(15-18-29)22-38-34(39)33(42-35(38)37-28-11-3-2-4-12-28)21-25-16-19-32(31(36)20-25)41-23-27-10-7-9-26-8-5-6-13-30(26)27/h2-21H,22-23H2,1H3/b33-21-,37-35?. The third-order valence-electron chi connectivity index (χ3n) is 6.89. The van der Waals surface area contributed by atoms with Crippen LogP contribution in [-0.4, -0.2) is 23.1 Å². The second-order valence-corrected chi connectivity index (χ2v) is 11.9. The number of para-hydroxylation sites is 1. The van der Waals surface area contributed by atoms with Gasteiger partial charge in [-0.05, 0) is 104 Å². The van der Waals surface area contributed by atoms with Crippen LogP contribution in [-0.2, 0) is 17.9 Å². The van der Waals surface area contributed by atoms with E-state index in [1.54, 1.807) is 12.0 Å². The van der Waals surface area contributed by atoms with Gasteiger partial charge < -0.3 is 9.47 Å². The molecule has 0 radical (unpaired) electrons. The number of hydrogen-bond acceptors (Lipinski definition) is 5. The van der Waals surface area contributed by atoms with Gasteiger partial charge in [-0.1, -0.05) is 78.9 Å². The molecule has 208 valence electrons. The third kappa shape index (κ3) is 6.37. The molecule has 1 amide bonds. The molecule has 6 rings (SSSR count). The number of nitrogens with zero attached hydrogens (tertiary/aromatic N) is 2. The Morgan fingerprint density at radius 3 is 2.43 bits per heavy atom. The van der Waals surface area contributed by atoms with Crippen molar-refractivity contribution >= 4 is 68.0 Å². The monoisotopic (exact) mass is 682 g/mol. The fourth-order valence-corrected chi connectivity index (χ4v) is 6.40. The highest BCUT2D eigenvalue weighted by Gasteiger charge is 2.33. The van der Waals surface area contributed by atoms with E-state index < -0.39 is 0 Å². The van der Waals surface area contributed by atoms with E-state index in [2.05, 4.69) is 52.9 Å². The van der Waals surface area contributed by atoms with E-state index in [9.17, 15) is 4.79 Å². The molecule has 0 saturated carbocycles. The lowest BCUT2D eigenvalue weighted by molar-refractivity contribution is -0.122. The third-order valence-corrected chi connectivity index (χ3v) is 8.74. The number of amides is 1. The summed E-state index contributed by atoms with van der Waals surface area (Å²) in [6, 6.07) is 38.1. The molecule has 1 heterocycles. The van der Waals surface area contributed by atoms with Gasteiger partial charge in [0, 0.05) is 0 Å². The van der Waals surface area contributed by atoms with Crippen LogP contribution in [0.2, 0.25) is 0 Å². The van der Waals surface area contributed by atoms with E-state index in [4.69, 9.17) is 14.5 Å². The SMILES string of the molecule is COc1ccc(CN2C(=O)/C(=C/c3ccc(OCc4cccc5ccccc45)c(I)c3)SC2=Nc2ccccc2)cc1. The Hall–Kier alpha value is -4.08. The molecule has 0 bridgehead atoms. The molecule has 42 heavy (non-hydrogen) atoms. The first-order valence-corrected chi connectivity index (χ1v) is 15.3. The van der Waals surface area contributed by atoms with Crippen molar-refractivity contribution in [3.63, 3.8) is 0 Å². The van der Waals surface area contributed by atoms with E-state index in [0.29, 0.717) is 23.2 Å². The Labute approximate surface area is 263 Å². The summed E-state index contributed by atoms with van der Waals surface area (Å²) in [5.41, 5.74) is 3.87. The van der Waals surface area contributed by atoms with Crippen LogP contribution in [0.4, 0.5) is 5.69 Å². The second kappa shape index (κ2) is 12.8. The molecule has 0 unspecified atom stereocenters. The van der Waals surface area contributed by atoms with Gasteiger partial charge in [-0.2, -0.15) is 0 Å². The van der Waals surface area contributed by atoms with Crippen molar-refractivity contribution in [3.8, 4) is 11.5 Å². The number of fused-ring (bicyclic) bond motifs is 1. The van der Waals surface area contributed by atoms with Crippen LogP contribution in [0, 0.1) is 3.57 Å². The van der Waals surface area contributed by atoms with Crippen LogP contribution in [0.5, 0.6) is 11.5 Å². The van der Waals surface area contributed by atoms with Gasteiger partial charge in [0.2, 0.25) is 0 Å². The minimum absolute atomic E-state index is 0.0724. The maximum atomic E-state index is 13.7. The van der Waals surface area contributed by atoms with E-state index in [1.165, 1.54) is 22.5 Å². The Morgan fingerprint density at radius 2 is 1.64 bits per heavy atom. The quantitative estimate of drug-likeness (QED) is 0.121. The predicted octanol–water partition coefficient (Wildman–Crippen LogP) is 8.84. The molecule has 5 aromatic carbocycles. The average molecular weight is 683 g/mol. The van der Waals surface area contributed by atoms with Gasteiger partial charge in [-0.3, -0.25) is 9.69 Å². The number of hydrogen-bond donors (Lipinski definition) is 0. The number of thioether (sulfide) groups is 1. The summed E-state index contributed by atoms with van der Waals surface area (Å²) >= 11 is 3.68. The van der Waals surface area contributed by atoms with Crippen molar-refractivity contribution in [2.24, 2.45) is 4.99 Å². The van der Waals surface area contributed by atoms with Gasteiger partial charge in [0.1, 0.15) is 18.1 Å². The first-order chi connectivity index (χ1) is 20.6. The normalized spacial score (nSPS) is 15.1. The minimum atomic E-state index is -0.0724. The lowest BCUT2D eigenvalue weighted by Gasteiger charge is -2.16. The summed E-state index contributed by atoms with van der Waals surface area (Å²) in [5, 5.41) is 3.04. The van der Waals surface area contributed by atoms with Gasteiger partial charge >= 0.3 is 0 Å². The molecule has 7 heteroatoms. The van der Waals surface area contributed by atoms with E-state index in [1.807, 2.05) is 91.0 Å².